The summed E-state index contributed by atoms with van der Waals surface area (Å²) in [5, 5.41) is 3.65. The van der Waals surface area contributed by atoms with E-state index in [1.807, 2.05) is 6.92 Å². The van der Waals surface area contributed by atoms with E-state index in [0.29, 0.717) is 11.5 Å². The molecule has 1 aromatic rings. The quantitative estimate of drug-likeness (QED) is 0.862. The molecule has 0 aromatic carbocycles. The highest BCUT2D eigenvalue weighted by Crippen LogP contribution is 2.40. The Kier molecular flexibility index (Phi) is 3.82. The Morgan fingerprint density at radius 2 is 2.29 bits per heavy atom. The first-order valence-corrected chi connectivity index (χ1v) is 6.80. The van der Waals surface area contributed by atoms with Crippen LogP contribution in [0.3, 0.4) is 0 Å². The average molecular weight is 232 g/mol. The molecule has 0 amide bonds. The summed E-state index contributed by atoms with van der Waals surface area (Å²) in [4.78, 5) is 4.44. The van der Waals surface area contributed by atoms with E-state index in [0.717, 1.165) is 12.2 Å². The van der Waals surface area contributed by atoms with E-state index in [1.54, 1.807) is 0 Å². The fourth-order valence-electron chi connectivity index (χ4n) is 2.85. The number of pyridine rings is 1. The van der Waals surface area contributed by atoms with Crippen LogP contribution in [0.25, 0.3) is 0 Å². The van der Waals surface area contributed by atoms with Crippen LogP contribution in [0.5, 0.6) is 0 Å². The van der Waals surface area contributed by atoms with Gasteiger partial charge in [0.05, 0.1) is 0 Å². The average Bonchev–Trinajstić information content (AvgIpc) is 2.70. The largest absolute Gasteiger partial charge is 0.314 e. The minimum Gasteiger partial charge on any atom is -0.314 e. The molecule has 1 fully saturated rings. The van der Waals surface area contributed by atoms with Crippen molar-refractivity contribution in [3.63, 3.8) is 0 Å². The van der Waals surface area contributed by atoms with Gasteiger partial charge in [-0.2, -0.15) is 0 Å². The maximum absolute atomic E-state index is 4.44. The third kappa shape index (κ3) is 2.86. The van der Waals surface area contributed by atoms with Gasteiger partial charge in [0.15, 0.2) is 0 Å². The number of aryl methyl sites for hydroxylation is 1. The molecule has 2 nitrogen and oxygen atoms in total. The first-order chi connectivity index (χ1) is 8.14. The summed E-state index contributed by atoms with van der Waals surface area (Å²) in [5.41, 5.74) is 2.84. The van der Waals surface area contributed by atoms with Crippen LogP contribution in [0.4, 0.5) is 0 Å². The lowest BCUT2D eigenvalue weighted by Crippen LogP contribution is -2.29. The Morgan fingerprint density at radius 1 is 1.47 bits per heavy atom. The summed E-state index contributed by atoms with van der Waals surface area (Å²) in [5.74, 6) is 0. The molecule has 94 valence electrons. The predicted octanol–water partition coefficient (Wildman–Crippen LogP) is 3.20. The molecule has 2 unspecified atom stereocenters. The number of nitrogens with one attached hydrogen (secondary N) is 1. The van der Waals surface area contributed by atoms with E-state index >= 15 is 0 Å². The molecule has 1 aliphatic carbocycles. The Morgan fingerprint density at radius 3 is 2.94 bits per heavy atom. The molecule has 17 heavy (non-hydrogen) atoms. The van der Waals surface area contributed by atoms with Crippen LogP contribution < -0.4 is 5.32 Å². The standard InChI is InChI=1S/C15H24N2/c1-4-9-16-14-7-8-15(3,10-14)13-6-5-12(2)17-11-13/h5-6,11,14,16H,4,7-10H2,1-3H3. The molecular formula is C15H24N2. The van der Waals surface area contributed by atoms with E-state index in [1.165, 1.54) is 31.2 Å². The first kappa shape index (κ1) is 12.6. The van der Waals surface area contributed by atoms with Gasteiger partial charge in [-0.25, -0.2) is 0 Å². The van der Waals surface area contributed by atoms with E-state index in [4.69, 9.17) is 0 Å². The first-order valence-electron chi connectivity index (χ1n) is 6.80. The smallest absolute Gasteiger partial charge is 0.0372 e. The maximum Gasteiger partial charge on any atom is 0.0372 e. The van der Waals surface area contributed by atoms with Crippen LogP contribution in [0.15, 0.2) is 18.3 Å². The molecule has 0 radical (unpaired) electrons. The number of hydrogen-bond donors (Lipinski definition) is 1. The molecule has 1 heterocycles. The molecule has 2 atom stereocenters. The predicted molar refractivity (Wildman–Crippen MR) is 72.3 cm³/mol. The minimum absolute atomic E-state index is 0.326. The summed E-state index contributed by atoms with van der Waals surface area (Å²) in [6.07, 6.45) is 7.11. The zero-order valence-electron chi connectivity index (χ0n) is 11.3. The normalized spacial score (nSPS) is 28.5. The van der Waals surface area contributed by atoms with E-state index in [9.17, 15) is 0 Å². The van der Waals surface area contributed by atoms with Crippen molar-refractivity contribution >= 4 is 0 Å². The zero-order valence-corrected chi connectivity index (χ0v) is 11.3. The highest BCUT2D eigenvalue weighted by molar-refractivity contribution is 5.25. The highest BCUT2D eigenvalue weighted by atomic mass is 14.9. The van der Waals surface area contributed by atoms with Crippen LogP contribution in [0, 0.1) is 6.92 Å². The summed E-state index contributed by atoms with van der Waals surface area (Å²) in [7, 11) is 0. The third-order valence-electron chi connectivity index (χ3n) is 4.03. The van der Waals surface area contributed by atoms with Crippen molar-refractivity contribution in [3.05, 3.63) is 29.6 Å². The second kappa shape index (κ2) is 5.18. The van der Waals surface area contributed by atoms with Gasteiger partial charge in [0.2, 0.25) is 0 Å². The number of hydrogen-bond acceptors (Lipinski definition) is 2. The van der Waals surface area contributed by atoms with Crippen LogP contribution in [0.1, 0.15) is 50.8 Å². The van der Waals surface area contributed by atoms with Crippen LogP contribution in [-0.4, -0.2) is 17.6 Å². The maximum atomic E-state index is 4.44. The Balaban J connectivity index is 2.03. The lowest BCUT2D eigenvalue weighted by Gasteiger charge is -2.24. The second-order valence-electron chi connectivity index (χ2n) is 5.64. The molecule has 1 N–H and O–H groups in total. The number of nitrogens with zero attached hydrogens (tertiary/aromatic N) is 1. The van der Waals surface area contributed by atoms with Crippen molar-refractivity contribution in [1.29, 1.82) is 0 Å². The molecule has 0 saturated heterocycles. The molecular weight excluding hydrogens is 208 g/mol. The van der Waals surface area contributed by atoms with Crippen LogP contribution in [0.2, 0.25) is 0 Å². The van der Waals surface area contributed by atoms with Gasteiger partial charge in [0.1, 0.15) is 0 Å². The van der Waals surface area contributed by atoms with Crippen LogP contribution >= 0.6 is 0 Å². The summed E-state index contributed by atoms with van der Waals surface area (Å²) < 4.78 is 0. The molecule has 1 saturated carbocycles. The van der Waals surface area contributed by atoms with E-state index in [2.05, 4.69) is 42.5 Å². The lowest BCUT2D eigenvalue weighted by molar-refractivity contribution is 0.451. The fraction of sp³-hybridized carbons (Fsp3) is 0.667. The lowest BCUT2D eigenvalue weighted by atomic mass is 9.81. The van der Waals surface area contributed by atoms with E-state index < -0.39 is 0 Å². The summed E-state index contributed by atoms with van der Waals surface area (Å²) >= 11 is 0. The molecule has 1 aromatic heterocycles. The van der Waals surface area contributed by atoms with Gasteiger partial charge in [0.25, 0.3) is 0 Å². The van der Waals surface area contributed by atoms with Gasteiger partial charge in [-0.15, -0.1) is 0 Å². The van der Waals surface area contributed by atoms with E-state index in [-0.39, 0.29) is 0 Å². The van der Waals surface area contributed by atoms with Crippen molar-refractivity contribution in [2.75, 3.05) is 6.54 Å². The van der Waals surface area contributed by atoms with Gasteiger partial charge in [-0.1, -0.05) is 19.9 Å². The molecule has 2 heteroatoms. The molecule has 0 spiro atoms. The number of aromatic nitrogens is 1. The van der Waals surface area contributed by atoms with Gasteiger partial charge in [-0.05, 0) is 56.2 Å². The Labute approximate surface area is 105 Å². The Bertz CT molecular complexity index is 358. The summed E-state index contributed by atoms with van der Waals surface area (Å²) in [6.45, 7) is 7.80. The van der Waals surface area contributed by atoms with Crippen molar-refractivity contribution in [2.24, 2.45) is 0 Å². The van der Waals surface area contributed by atoms with Gasteiger partial charge in [-0.3, -0.25) is 4.98 Å². The van der Waals surface area contributed by atoms with Gasteiger partial charge in [0, 0.05) is 17.9 Å². The summed E-state index contributed by atoms with van der Waals surface area (Å²) in [6, 6.07) is 5.08. The van der Waals surface area contributed by atoms with Crippen LogP contribution in [-0.2, 0) is 5.41 Å². The van der Waals surface area contributed by atoms with Gasteiger partial charge < -0.3 is 5.32 Å². The van der Waals surface area contributed by atoms with Crippen molar-refractivity contribution in [3.8, 4) is 0 Å². The SMILES string of the molecule is CCCNC1CCC(C)(c2ccc(C)nc2)C1. The van der Waals surface area contributed by atoms with Crippen molar-refractivity contribution < 1.29 is 0 Å². The monoisotopic (exact) mass is 232 g/mol. The van der Waals surface area contributed by atoms with Crippen molar-refractivity contribution in [1.82, 2.24) is 10.3 Å². The topological polar surface area (TPSA) is 24.9 Å². The second-order valence-corrected chi connectivity index (χ2v) is 5.64. The molecule has 1 aliphatic rings. The Hall–Kier alpha value is -0.890. The third-order valence-corrected chi connectivity index (χ3v) is 4.03. The highest BCUT2D eigenvalue weighted by Gasteiger charge is 2.36. The van der Waals surface area contributed by atoms with Crippen molar-refractivity contribution in [2.45, 2.75) is 57.9 Å². The number of rotatable bonds is 4. The fourth-order valence-corrected chi connectivity index (χ4v) is 2.85. The van der Waals surface area contributed by atoms with Gasteiger partial charge >= 0.3 is 0 Å². The zero-order chi connectivity index (χ0) is 12.3. The minimum atomic E-state index is 0.326. The molecule has 0 bridgehead atoms. The molecule has 2 rings (SSSR count). The molecule has 0 aliphatic heterocycles.